The molecule has 0 atom stereocenters. The van der Waals surface area contributed by atoms with Crippen molar-refractivity contribution in [2.24, 2.45) is 0 Å². The van der Waals surface area contributed by atoms with Crippen LogP contribution in [0.2, 0.25) is 0 Å². The Morgan fingerprint density at radius 2 is 2.43 bits per heavy atom. The van der Waals surface area contributed by atoms with Crippen LogP contribution in [0.3, 0.4) is 0 Å². The highest BCUT2D eigenvalue weighted by Crippen LogP contribution is 2.18. The molecule has 0 saturated carbocycles. The van der Waals surface area contributed by atoms with Gasteiger partial charge in [-0.3, -0.25) is 0 Å². The van der Waals surface area contributed by atoms with Crippen LogP contribution in [-0.2, 0) is 0 Å². The number of aromatic carboxylic acids is 1. The minimum atomic E-state index is -0.926. The van der Waals surface area contributed by atoms with Gasteiger partial charge >= 0.3 is 5.97 Å². The van der Waals surface area contributed by atoms with Crippen molar-refractivity contribution in [2.75, 3.05) is 5.75 Å². The summed E-state index contributed by atoms with van der Waals surface area (Å²) in [7, 11) is 0. The third kappa shape index (κ3) is 3.22. The van der Waals surface area contributed by atoms with E-state index < -0.39 is 5.97 Å². The van der Waals surface area contributed by atoms with Crippen LogP contribution in [-0.4, -0.2) is 21.8 Å². The molecule has 0 spiro atoms. The number of carbonyl (C=O) groups is 1. The van der Waals surface area contributed by atoms with Crippen LogP contribution in [0, 0.1) is 0 Å². The molecule has 0 radical (unpaired) electrons. The third-order valence-electron chi connectivity index (χ3n) is 1.45. The molecule has 0 bridgehead atoms. The Hall–Kier alpha value is -1.29. The largest absolute Gasteiger partial charge is 0.478 e. The van der Waals surface area contributed by atoms with Crippen molar-refractivity contribution in [3.63, 3.8) is 0 Å². The van der Waals surface area contributed by atoms with Gasteiger partial charge in [-0.2, -0.15) is 0 Å². The van der Waals surface area contributed by atoms with Crippen LogP contribution in [0.5, 0.6) is 0 Å². The maximum Gasteiger partial charge on any atom is 0.335 e. The van der Waals surface area contributed by atoms with Crippen molar-refractivity contribution in [3.8, 4) is 0 Å². The molecule has 3 nitrogen and oxygen atoms in total. The van der Waals surface area contributed by atoms with E-state index in [1.54, 1.807) is 6.07 Å². The first-order valence-electron chi connectivity index (χ1n) is 4.06. The number of hydrogen-bond acceptors (Lipinski definition) is 3. The SMILES string of the molecule is C=C(C)CSc1cc(C(=O)O)ccn1. The van der Waals surface area contributed by atoms with Gasteiger partial charge < -0.3 is 5.11 Å². The first-order chi connectivity index (χ1) is 6.59. The molecule has 74 valence electrons. The van der Waals surface area contributed by atoms with Crippen LogP contribution >= 0.6 is 11.8 Å². The number of carboxylic acids is 1. The van der Waals surface area contributed by atoms with E-state index in [0.29, 0.717) is 5.03 Å². The minimum Gasteiger partial charge on any atom is -0.478 e. The zero-order chi connectivity index (χ0) is 10.6. The normalized spacial score (nSPS) is 9.79. The maximum atomic E-state index is 10.6. The van der Waals surface area contributed by atoms with E-state index in [-0.39, 0.29) is 5.56 Å². The summed E-state index contributed by atoms with van der Waals surface area (Å²) in [6, 6.07) is 3.04. The molecule has 0 aliphatic carbocycles. The van der Waals surface area contributed by atoms with E-state index in [0.717, 1.165) is 11.3 Å². The molecule has 0 aliphatic rings. The van der Waals surface area contributed by atoms with Crippen molar-refractivity contribution in [2.45, 2.75) is 11.9 Å². The van der Waals surface area contributed by atoms with Gasteiger partial charge in [-0.05, 0) is 19.1 Å². The lowest BCUT2D eigenvalue weighted by atomic mass is 10.3. The molecule has 0 unspecified atom stereocenters. The lowest BCUT2D eigenvalue weighted by Crippen LogP contribution is -1.96. The Morgan fingerprint density at radius 3 is 3.00 bits per heavy atom. The first kappa shape index (κ1) is 10.8. The van der Waals surface area contributed by atoms with Gasteiger partial charge in [0.05, 0.1) is 10.6 Å². The molecular weight excluding hydrogens is 198 g/mol. The van der Waals surface area contributed by atoms with Crippen LogP contribution in [0.15, 0.2) is 35.5 Å². The number of rotatable bonds is 4. The van der Waals surface area contributed by atoms with Gasteiger partial charge in [-0.1, -0.05) is 12.2 Å². The van der Waals surface area contributed by atoms with Gasteiger partial charge in [0.15, 0.2) is 0 Å². The molecule has 14 heavy (non-hydrogen) atoms. The van der Waals surface area contributed by atoms with Crippen molar-refractivity contribution >= 4 is 17.7 Å². The van der Waals surface area contributed by atoms with Crippen LogP contribution in [0.4, 0.5) is 0 Å². The Labute approximate surface area is 86.9 Å². The highest BCUT2D eigenvalue weighted by molar-refractivity contribution is 7.99. The minimum absolute atomic E-state index is 0.268. The van der Waals surface area contributed by atoms with E-state index in [9.17, 15) is 4.79 Å². The summed E-state index contributed by atoms with van der Waals surface area (Å²) >= 11 is 1.49. The van der Waals surface area contributed by atoms with Crippen molar-refractivity contribution in [3.05, 3.63) is 36.0 Å². The van der Waals surface area contributed by atoms with E-state index in [1.165, 1.54) is 24.0 Å². The molecule has 0 aliphatic heterocycles. The molecule has 1 N–H and O–H groups in total. The molecule has 1 heterocycles. The number of pyridine rings is 1. The van der Waals surface area contributed by atoms with Crippen LogP contribution in [0.25, 0.3) is 0 Å². The summed E-state index contributed by atoms with van der Waals surface area (Å²) in [5.74, 6) is -0.166. The molecule has 0 fully saturated rings. The fourth-order valence-electron chi connectivity index (χ4n) is 0.819. The van der Waals surface area contributed by atoms with E-state index in [1.807, 2.05) is 6.92 Å². The summed E-state index contributed by atoms with van der Waals surface area (Å²) < 4.78 is 0. The van der Waals surface area contributed by atoms with Gasteiger partial charge in [0.25, 0.3) is 0 Å². The summed E-state index contributed by atoms with van der Waals surface area (Å²) in [6.07, 6.45) is 1.50. The molecule has 0 saturated heterocycles. The molecule has 1 aromatic heterocycles. The predicted octanol–water partition coefficient (Wildman–Crippen LogP) is 2.45. The molecule has 0 aromatic carbocycles. The summed E-state index contributed by atoms with van der Waals surface area (Å²) in [5, 5.41) is 9.45. The van der Waals surface area contributed by atoms with Gasteiger partial charge in [0.2, 0.25) is 0 Å². The third-order valence-corrected chi connectivity index (χ3v) is 2.60. The Kier molecular flexibility index (Phi) is 3.71. The Bertz CT molecular complexity index is 363. The molecule has 1 rings (SSSR count). The zero-order valence-electron chi connectivity index (χ0n) is 7.86. The molecule has 4 heteroatoms. The number of aromatic nitrogens is 1. The molecule has 0 amide bonds. The smallest absolute Gasteiger partial charge is 0.335 e. The van der Waals surface area contributed by atoms with Gasteiger partial charge in [0.1, 0.15) is 0 Å². The average molecular weight is 209 g/mol. The number of hydrogen-bond donors (Lipinski definition) is 1. The number of nitrogens with zero attached hydrogens (tertiary/aromatic N) is 1. The Morgan fingerprint density at radius 1 is 1.71 bits per heavy atom. The van der Waals surface area contributed by atoms with Crippen molar-refractivity contribution in [1.82, 2.24) is 4.98 Å². The second kappa shape index (κ2) is 4.81. The Balaban J connectivity index is 2.73. The second-order valence-corrected chi connectivity index (χ2v) is 3.93. The summed E-state index contributed by atoms with van der Waals surface area (Å²) in [4.78, 5) is 14.7. The van der Waals surface area contributed by atoms with Gasteiger partial charge in [-0.25, -0.2) is 9.78 Å². The average Bonchev–Trinajstić information content (AvgIpc) is 2.15. The number of carboxylic acid groups (broad SMARTS) is 1. The first-order valence-corrected chi connectivity index (χ1v) is 5.04. The maximum absolute atomic E-state index is 10.6. The lowest BCUT2D eigenvalue weighted by molar-refractivity contribution is 0.0696. The van der Waals surface area contributed by atoms with Crippen molar-refractivity contribution < 1.29 is 9.90 Å². The van der Waals surface area contributed by atoms with Crippen LogP contribution < -0.4 is 0 Å². The highest BCUT2D eigenvalue weighted by atomic mass is 32.2. The summed E-state index contributed by atoms with van der Waals surface area (Å²) in [5.41, 5.74) is 1.31. The summed E-state index contributed by atoms with van der Waals surface area (Å²) in [6.45, 7) is 5.69. The van der Waals surface area contributed by atoms with Crippen molar-refractivity contribution in [1.29, 1.82) is 0 Å². The van der Waals surface area contributed by atoms with Gasteiger partial charge in [-0.15, -0.1) is 11.8 Å². The fourth-order valence-corrected chi connectivity index (χ4v) is 1.56. The highest BCUT2D eigenvalue weighted by Gasteiger charge is 2.04. The van der Waals surface area contributed by atoms with Gasteiger partial charge in [0, 0.05) is 11.9 Å². The monoisotopic (exact) mass is 209 g/mol. The predicted molar refractivity (Wildman–Crippen MR) is 56.7 cm³/mol. The van der Waals surface area contributed by atoms with E-state index in [2.05, 4.69) is 11.6 Å². The fraction of sp³-hybridized carbons (Fsp3) is 0.200. The quantitative estimate of drug-likeness (QED) is 0.611. The number of thioether (sulfide) groups is 1. The van der Waals surface area contributed by atoms with Crippen LogP contribution in [0.1, 0.15) is 17.3 Å². The molecular formula is C10H11NO2S. The lowest BCUT2D eigenvalue weighted by Gasteiger charge is -2.00. The molecule has 1 aromatic rings. The topological polar surface area (TPSA) is 50.2 Å². The zero-order valence-corrected chi connectivity index (χ0v) is 8.67. The van der Waals surface area contributed by atoms with E-state index in [4.69, 9.17) is 5.11 Å². The second-order valence-electron chi connectivity index (χ2n) is 2.93. The standard InChI is InChI=1S/C10H11NO2S/c1-7(2)6-14-9-5-8(10(12)13)3-4-11-9/h3-5H,1,6H2,2H3,(H,12,13). The van der Waals surface area contributed by atoms with E-state index >= 15 is 0 Å².